The molecule has 0 aliphatic rings. The van der Waals surface area contributed by atoms with E-state index in [2.05, 4.69) is 72.3 Å². The topological polar surface area (TPSA) is 22.2 Å². The fourth-order valence-electron chi connectivity index (χ4n) is 3.10. The smallest absolute Gasteiger partial charge is 0.215 e. The molecule has 23 heavy (non-hydrogen) atoms. The zero-order chi connectivity index (χ0) is 15.3. The van der Waals surface area contributed by atoms with Crippen molar-refractivity contribution in [3.05, 3.63) is 59.8 Å². The van der Waals surface area contributed by atoms with Gasteiger partial charge in [-0.3, -0.25) is 4.40 Å². The first-order chi connectivity index (χ1) is 10.7. The van der Waals surface area contributed by atoms with Gasteiger partial charge >= 0.3 is 0 Å². The van der Waals surface area contributed by atoms with E-state index in [1.165, 1.54) is 22.2 Å². The Balaban J connectivity index is 0.00000156. The molecule has 3 nitrogen and oxygen atoms in total. The first-order valence-corrected chi connectivity index (χ1v) is 7.73. The van der Waals surface area contributed by atoms with Crippen molar-refractivity contribution in [2.45, 2.75) is 27.3 Å². The average molecular weight is 370 g/mol. The quantitative estimate of drug-likeness (QED) is 0.477. The summed E-state index contributed by atoms with van der Waals surface area (Å²) in [5, 5.41) is 0. The van der Waals surface area contributed by atoms with Crippen LogP contribution in [0.3, 0.4) is 0 Å². The van der Waals surface area contributed by atoms with Crippen LogP contribution in [0.25, 0.3) is 28.1 Å². The number of fused-ring (bicyclic) bond motifs is 3. The summed E-state index contributed by atoms with van der Waals surface area (Å²) in [5.74, 6) is 1.02. The molecule has 0 amide bonds. The van der Waals surface area contributed by atoms with Crippen molar-refractivity contribution in [1.29, 1.82) is 0 Å². The van der Waals surface area contributed by atoms with E-state index in [4.69, 9.17) is 4.98 Å². The zero-order valence-electron chi connectivity index (χ0n) is 13.6. The maximum Gasteiger partial charge on any atom is 0.215 e. The third-order valence-electron chi connectivity index (χ3n) is 4.46. The molecule has 2 heterocycles. The molecule has 4 heteroatoms. The van der Waals surface area contributed by atoms with Gasteiger partial charge < -0.3 is 4.57 Å². The summed E-state index contributed by atoms with van der Waals surface area (Å²) in [4.78, 5) is 4.88. The molecule has 2 aromatic carbocycles. The second-order valence-corrected chi connectivity index (χ2v) is 5.83. The van der Waals surface area contributed by atoms with E-state index in [-0.39, 0.29) is 17.0 Å². The van der Waals surface area contributed by atoms with Crippen LogP contribution in [0.1, 0.15) is 18.1 Å². The van der Waals surface area contributed by atoms with Gasteiger partial charge in [0.05, 0.1) is 16.7 Å². The van der Waals surface area contributed by atoms with E-state index in [0.717, 1.165) is 23.6 Å². The van der Waals surface area contributed by atoms with Gasteiger partial charge in [0.2, 0.25) is 5.78 Å². The first-order valence-electron chi connectivity index (χ1n) is 7.73. The van der Waals surface area contributed by atoms with Gasteiger partial charge in [0.25, 0.3) is 0 Å². The molecule has 0 saturated carbocycles. The fourth-order valence-corrected chi connectivity index (χ4v) is 3.10. The molecule has 0 saturated heterocycles. The van der Waals surface area contributed by atoms with Gasteiger partial charge in [-0.05, 0) is 44.0 Å². The minimum absolute atomic E-state index is 0. The van der Waals surface area contributed by atoms with E-state index in [0.29, 0.717) is 0 Å². The van der Waals surface area contributed by atoms with E-state index in [9.17, 15) is 0 Å². The summed E-state index contributed by atoms with van der Waals surface area (Å²) in [6.45, 7) is 7.42. The van der Waals surface area contributed by atoms with Gasteiger partial charge in [-0.2, -0.15) is 0 Å². The van der Waals surface area contributed by atoms with E-state index in [1.807, 2.05) is 6.07 Å². The Bertz CT molecular complexity index is 980. The van der Waals surface area contributed by atoms with Crippen molar-refractivity contribution in [2.24, 2.45) is 0 Å². The van der Waals surface area contributed by atoms with Gasteiger partial charge in [-0.25, -0.2) is 4.98 Å². The number of nitrogens with zero attached hydrogens (tertiary/aromatic N) is 3. The molecule has 0 fully saturated rings. The SMILES string of the molecule is Br.CCn1c2cc(C)c(C)cc2n2cc(-c3ccccc3)nc12. The van der Waals surface area contributed by atoms with Gasteiger partial charge in [-0.15, -0.1) is 17.0 Å². The van der Waals surface area contributed by atoms with E-state index in [1.54, 1.807) is 0 Å². The monoisotopic (exact) mass is 369 g/mol. The van der Waals surface area contributed by atoms with E-state index < -0.39 is 0 Å². The number of imidazole rings is 2. The van der Waals surface area contributed by atoms with Crippen molar-refractivity contribution >= 4 is 33.8 Å². The van der Waals surface area contributed by atoms with Crippen molar-refractivity contribution in [3.63, 3.8) is 0 Å². The molecule has 0 radical (unpaired) electrons. The Kier molecular flexibility index (Phi) is 4.02. The highest BCUT2D eigenvalue weighted by Gasteiger charge is 2.14. The lowest BCUT2D eigenvalue weighted by molar-refractivity contribution is 0.807. The predicted molar refractivity (Wildman–Crippen MR) is 102 cm³/mol. The number of rotatable bonds is 2. The predicted octanol–water partition coefficient (Wildman–Crippen LogP) is 5.17. The number of benzene rings is 2. The largest absolute Gasteiger partial charge is 0.310 e. The molecule has 0 aliphatic carbocycles. The second kappa shape index (κ2) is 5.85. The third kappa shape index (κ3) is 2.38. The molecule has 0 atom stereocenters. The van der Waals surface area contributed by atoms with Crippen LogP contribution in [0.5, 0.6) is 0 Å². The molecule has 2 aromatic heterocycles. The van der Waals surface area contributed by atoms with Crippen LogP contribution in [-0.4, -0.2) is 14.0 Å². The first kappa shape index (κ1) is 15.8. The molecular formula is C19H20BrN3. The van der Waals surface area contributed by atoms with Crippen LogP contribution >= 0.6 is 17.0 Å². The van der Waals surface area contributed by atoms with E-state index >= 15 is 0 Å². The Morgan fingerprint density at radius 2 is 1.61 bits per heavy atom. The van der Waals surface area contributed by atoms with Crippen molar-refractivity contribution in [3.8, 4) is 11.3 Å². The second-order valence-electron chi connectivity index (χ2n) is 5.83. The van der Waals surface area contributed by atoms with Crippen LogP contribution in [0.4, 0.5) is 0 Å². The Morgan fingerprint density at radius 3 is 2.26 bits per heavy atom. The van der Waals surface area contributed by atoms with Crippen LogP contribution in [-0.2, 0) is 6.54 Å². The summed E-state index contributed by atoms with van der Waals surface area (Å²) in [5.41, 5.74) is 7.31. The lowest BCUT2D eigenvalue weighted by atomic mass is 10.1. The maximum absolute atomic E-state index is 4.88. The summed E-state index contributed by atoms with van der Waals surface area (Å²) < 4.78 is 4.50. The molecule has 4 rings (SSSR count). The lowest BCUT2D eigenvalue weighted by Gasteiger charge is -2.04. The normalized spacial score (nSPS) is 11.1. The molecule has 4 aromatic rings. The van der Waals surface area contributed by atoms with Crippen molar-refractivity contribution in [1.82, 2.24) is 14.0 Å². The average Bonchev–Trinajstić information content (AvgIpc) is 3.07. The van der Waals surface area contributed by atoms with Crippen LogP contribution in [0, 0.1) is 13.8 Å². The number of hydrogen-bond donors (Lipinski definition) is 0. The van der Waals surface area contributed by atoms with Gasteiger partial charge in [0, 0.05) is 18.3 Å². The summed E-state index contributed by atoms with van der Waals surface area (Å²) in [7, 11) is 0. The molecule has 0 aliphatic heterocycles. The highest BCUT2D eigenvalue weighted by molar-refractivity contribution is 8.93. The molecule has 0 spiro atoms. The Hall–Kier alpha value is -2.07. The summed E-state index contributed by atoms with van der Waals surface area (Å²) in [6.07, 6.45) is 2.15. The van der Waals surface area contributed by atoms with Gasteiger partial charge in [0.15, 0.2) is 0 Å². The van der Waals surface area contributed by atoms with Crippen molar-refractivity contribution in [2.75, 3.05) is 0 Å². The van der Waals surface area contributed by atoms with Gasteiger partial charge in [0.1, 0.15) is 0 Å². The van der Waals surface area contributed by atoms with Crippen molar-refractivity contribution < 1.29 is 0 Å². The highest BCUT2D eigenvalue weighted by Crippen LogP contribution is 2.27. The Labute approximate surface area is 146 Å². The molecule has 118 valence electrons. The standard InChI is InChI=1S/C19H19N3.BrH/c1-4-21-17-10-13(2)14(3)11-18(17)22-12-16(20-19(21)22)15-8-6-5-7-9-15;/h5-12H,4H2,1-3H3;1H. The zero-order valence-corrected chi connectivity index (χ0v) is 15.3. The van der Waals surface area contributed by atoms with Crippen LogP contribution in [0.2, 0.25) is 0 Å². The number of halogens is 1. The maximum atomic E-state index is 4.88. The molecular weight excluding hydrogens is 350 g/mol. The number of hydrogen-bond acceptors (Lipinski definition) is 1. The molecule has 0 N–H and O–H groups in total. The van der Waals surface area contributed by atoms with Gasteiger partial charge in [-0.1, -0.05) is 30.3 Å². The summed E-state index contributed by atoms with van der Waals surface area (Å²) >= 11 is 0. The minimum atomic E-state index is 0. The Morgan fingerprint density at radius 1 is 0.957 bits per heavy atom. The van der Waals surface area contributed by atoms with Crippen LogP contribution in [0.15, 0.2) is 48.7 Å². The molecule has 0 unspecified atom stereocenters. The number of aryl methyl sites for hydroxylation is 3. The number of aromatic nitrogens is 3. The lowest BCUT2D eigenvalue weighted by Crippen LogP contribution is -1.95. The minimum Gasteiger partial charge on any atom is -0.310 e. The third-order valence-corrected chi connectivity index (χ3v) is 4.46. The summed E-state index contributed by atoms with van der Waals surface area (Å²) in [6, 6.07) is 14.9. The van der Waals surface area contributed by atoms with Crippen LogP contribution < -0.4 is 0 Å². The fraction of sp³-hybridized carbons (Fsp3) is 0.211. The highest BCUT2D eigenvalue weighted by atomic mass is 79.9. The molecule has 0 bridgehead atoms.